The number of nitrogens with zero attached hydrogens (tertiary/aromatic N) is 5. The van der Waals surface area contributed by atoms with Crippen LogP contribution in [0.15, 0.2) is 92.9 Å². The molecule has 15 nitrogen and oxygen atoms in total. The highest BCUT2D eigenvalue weighted by Crippen LogP contribution is 2.33. The number of carbonyl (C=O) groups excluding carboxylic acids is 2. The van der Waals surface area contributed by atoms with Crippen LogP contribution in [0.25, 0.3) is 0 Å². The van der Waals surface area contributed by atoms with Crippen molar-refractivity contribution in [3.63, 3.8) is 0 Å². The molecule has 3 aromatic carbocycles. The van der Waals surface area contributed by atoms with Crippen LogP contribution in [-0.4, -0.2) is 119 Å². The van der Waals surface area contributed by atoms with Crippen LogP contribution in [0.1, 0.15) is 42.4 Å². The summed E-state index contributed by atoms with van der Waals surface area (Å²) in [7, 11) is -8.14. The number of hydrogen-bond acceptors (Lipinski definition) is 11. The van der Waals surface area contributed by atoms with Gasteiger partial charge in [-0.05, 0) is 54.1 Å². The average Bonchev–Trinajstić information content (AvgIpc) is 3.26. The standard InChI is InChI=1S/C21H21F4N3O4S.C18H22F3N3O5S/c22-17-5-1-3-15(11-17)13-26-20(29)14-32-27-18-7-9-28(10-8-18)33(30,31)19-6-2-4-16(12-19)21(23,24)25;19-18(20,21)14-2-1-3-16(12-14)30(26,27)24-6-4-15(5-7-24)22-29-13-17(25)23-8-10-28-11-9-23/h1-6,11-12H,7-10,13-14H2,(H,26,29);1-3,12H,4-11,13H2. The number of rotatable bonds is 12. The molecule has 6 rings (SSSR count). The predicted molar refractivity (Wildman–Crippen MR) is 211 cm³/mol. The van der Waals surface area contributed by atoms with E-state index in [9.17, 15) is 57.2 Å². The van der Waals surface area contributed by atoms with E-state index in [4.69, 9.17) is 14.4 Å². The summed E-state index contributed by atoms with van der Waals surface area (Å²) in [5.74, 6) is -1.08. The molecule has 63 heavy (non-hydrogen) atoms. The molecule has 0 spiro atoms. The third-order valence-electron chi connectivity index (χ3n) is 9.71. The molecule has 3 aromatic rings. The van der Waals surface area contributed by atoms with Crippen molar-refractivity contribution in [1.82, 2.24) is 18.8 Å². The van der Waals surface area contributed by atoms with E-state index in [0.717, 1.165) is 45.0 Å². The van der Waals surface area contributed by atoms with Crippen LogP contribution in [0.4, 0.5) is 30.7 Å². The molecular formula is C39H43F7N6O9S2. The summed E-state index contributed by atoms with van der Waals surface area (Å²) in [5.41, 5.74) is -0.333. The van der Waals surface area contributed by atoms with Crippen LogP contribution in [0, 0.1) is 5.82 Å². The van der Waals surface area contributed by atoms with Gasteiger partial charge in [0.25, 0.3) is 11.8 Å². The normalized spacial score (nSPS) is 17.0. The fraction of sp³-hybridized carbons (Fsp3) is 0.436. The maximum absolute atomic E-state index is 13.1. The van der Waals surface area contributed by atoms with E-state index < -0.39 is 65.0 Å². The minimum absolute atomic E-state index is 0.0204. The Labute approximate surface area is 358 Å². The lowest BCUT2D eigenvalue weighted by Gasteiger charge is -2.27. The van der Waals surface area contributed by atoms with Crippen molar-refractivity contribution in [3.05, 3.63) is 95.3 Å². The molecule has 3 heterocycles. The lowest BCUT2D eigenvalue weighted by molar-refractivity contribution is -0.140. The maximum atomic E-state index is 13.1. The number of carbonyl (C=O) groups is 2. The van der Waals surface area contributed by atoms with Crippen LogP contribution in [0.3, 0.4) is 0 Å². The lowest BCUT2D eigenvalue weighted by Crippen LogP contribution is -2.42. The fourth-order valence-electron chi connectivity index (χ4n) is 6.28. The van der Waals surface area contributed by atoms with Crippen LogP contribution in [0.2, 0.25) is 0 Å². The van der Waals surface area contributed by atoms with E-state index in [1.165, 1.54) is 18.2 Å². The van der Waals surface area contributed by atoms with Gasteiger partial charge in [0.05, 0.1) is 45.6 Å². The highest BCUT2D eigenvalue weighted by Gasteiger charge is 2.35. The van der Waals surface area contributed by atoms with Gasteiger partial charge in [0, 0.05) is 71.5 Å². The second-order valence-corrected chi connectivity index (χ2v) is 18.0. The van der Waals surface area contributed by atoms with Crippen LogP contribution >= 0.6 is 0 Å². The van der Waals surface area contributed by atoms with Crippen molar-refractivity contribution in [2.75, 3.05) is 65.7 Å². The second-order valence-electron chi connectivity index (χ2n) is 14.1. The van der Waals surface area contributed by atoms with Gasteiger partial charge in [0.15, 0.2) is 13.2 Å². The summed E-state index contributed by atoms with van der Waals surface area (Å²) < 4.78 is 149. The Morgan fingerprint density at radius 3 is 1.57 bits per heavy atom. The van der Waals surface area contributed by atoms with Crippen LogP contribution in [-0.2, 0) is 62.9 Å². The minimum Gasteiger partial charge on any atom is -0.386 e. The number of hydrogen-bond donors (Lipinski definition) is 1. The molecule has 24 heteroatoms. The number of amides is 2. The number of alkyl halides is 6. The first-order valence-electron chi connectivity index (χ1n) is 19.3. The van der Waals surface area contributed by atoms with Gasteiger partial charge in [-0.3, -0.25) is 9.59 Å². The molecule has 0 saturated carbocycles. The zero-order valence-corrected chi connectivity index (χ0v) is 35.0. The van der Waals surface area contributed by atoms with E-state index in [0.29, 0.717) is 55.4 Å². The molecule has 3 aliphatic heterocycles. The molecule has 3 aliphatic rings. The Morgan fingerprint density at radius 2 is 1.11 bits per heavy atom. The predicted octanol–water partition coefficient (Wildman–Crippen LogP) is 5.04. The summed E-state index contributed by atoms with van der Waals surface area (Å²) in [5, 5.41) is 10.3. The zero-order chi connectivity index (χ0) is 45.8. The highest BCUT2D eigenvalue weighted by molar-refractivity contribution is 7.89. The van der Waals surface area contributed by atoms with Crippen LogP contribution in [0.5, 0.6) is 0 Å². The molecule has 0 aromatic heterocycles. The Morgan fingerprint density at radius 1 is 0.651 bits per heavy atom. The van der Waals surface area contributed by atoms with Crippen molar-refractivity contribution in [2.24, 2.45) is 10.3 Å². The Balaban J connectivity index is 0.000000239. The number of nitrogens with one attached hydrogen (secondary N) is 1. The Kier molecular flexibility index (Phi) is 16.7. The average molecular weight is 937 g/mol. The maximum Gasteiger partial charge on any atom is 0.416 e. The van der Waals surface area contributed by atoms with E-state index in [1.54, 1.807) is 11.0 Å². The lowest BCUT2D eigenvalue weighted by atomic mass is 10.1. The third-order valence-corrected chi connectivity index (χ3v) is 13.5. The number of sulfonamides is 2. The Hall–Kier alpha value is -5.17. The largest absolute Gasteiger partial charge is 0.416 e. The van der Waals surface area contributed by atoms with Crippen LogP contribution < -0.4 is 5.32 Å². The molecule has 0 unspecified atom stereocenters. The number of ether oxygens (including phenoxy) is 1. The molecule has 344 valence electrons. The Bertz CT molecular complexity index is 2340. The molecule has 0 radical (unpaired) electrons. The van der Waals surface area contributed by atoms with Gasteiger partial charge in [-0.25, -0.2) is 21.2 Å². The molecule has 0 aliphatic carbocycles. The molecule has 3 saturated heterocycles. The van der Waals surface area contributed by atoms with Gasteiger partial charge in [0.2, 0.25) is 20.0 Å². The number of halogens is 7. The van der Waals surface area contributed by atoms with E-state index >= 15 is 0 Å². The number of morpholine rings is 1. The van der Waals surface area contributed by atoms with E-state index in [1.807, 2.05) is 0 Å². The van der Waals surface area contributed by atoms with Crippen molar-refractivity contribution in [3.8, 4) is 0 Å². The summed E-state index contributed by atoms with van der Waals surface area (Å²) in [6.07, 6.45) is -8.31. The second kappa shape index (κ2) is 21.5. The first-order valence-corrected chi connectivity index (χ1v) is 22.2. The fourth-order valence-corrected chi connectivity index (χ4v) is 9.26. The van der Waals surface area contributed by atoms with Gasteiger partial charge < -0.3 is 24.6 Å². The molecule has 1 N–H and O–H groups in total. The zero-order valence-electron chi connectivity index (χ0n) is 33.4. The monoisotopic (exact) mass is 936 g/mol. The first kappa shape index (κ1) is 48.9. The first-order chi connectivity index (χ1) is 29.7. The highest BCUT2D eigenvalue weighted by atomic mass is 32.2. The molecular weight excluding hydrogens is 894 g/mol. The molecule has 3 fully saturated rings. The topological polar surface area (TPSA) is 177 Å². The van der Waals surface area contributed by atoms with Gasteiger partial charge in [0.1, 0.15) is 5.82 Å². The van der Waals surface area contributed by atoms with Crippen molar-refractivity contribution in [1.29, 1.82) is 0 Å². The smallest absolute Gasteiger partial charge is 0.386 e. The quantitative estimate of drug-likeness (QED) is 0.193. The number of piperidine rings is 2. The van der Waals surface area contributed by atoms with Crippen molar-refractivity contribution in [2.45, 2.75) is 54.4 Å². The minimum atomic E-state index is -4.64. The van der Waals surface area contributed by atoms with Crippen molar-refractivity contribution < 1.29 is 71.6 Å². The number of oxime groups is 2. The van der Waals surface area contributed by atoms with Crippen molar-refractivity contribution >= 4 is 43.3 Å². The van der Waals surface area contributed by atoms with Gasteiger partial charge in [-0.2, -0.15) is 35.0 Å². The van der Waals surface area contributed by atoms with Gasteiger partial charge >= 0.3 is 12.4 Å². The van der Waals surface area contributed by atoms with E-state index in [2.05, 4.69) is 15.6 Å². The summed E-state index contributed by atoms with van der Waals surface area (Å²) in [4.78, 5) is 34.7. The van der Waals surface area contributed by atoms with E-state index in [-0.39, 0.29) is 77.5 Å². The molecule has 0 bridgehead atoms. The third kappa shape index (κ3) is 14.2. The van der Waals surface area contributed by atoms with Gasteiger partial charge in [-0.15, -0.1) is 0 Å². The molecule has 0 atom stereocenters. The SMILES string of the molecule is O=C(CON=C1CCN(S(=O)(=O)c2cccc(C(F)(F)F)c2)CC1)N1CCOCC1.O=C(CON=C1CCN(S(=O)(=O)c2cccc(C(F)(F)F)c2)CC1)NCc1cccc(F)c1. The van der Waals surface area contributed by atoms with Gasteiger partial charge in [-0.1, -0.05) is 34.6 Å². The summed E-state index contributed by atoms with van der Waals surface area (Å²) in [6.45, 7) is 1.68. The summed E-state index contributed by atoms with van der Waals surface area (Å²) >= 11 is 0. The summed E-state index contributed by atoms with van der Waals surface area (Å²) in [6, 6.07) is 13.1. The number of benzene rings is 3. The molecule has 2 amide bonds.